The van der Waals surface area contributed by atoms with Gasteiger partial charge in [0.1, 0.15) is 12.7 Å². The Bertz CT molecular complexity index is 1450. The first kappa shape index (κ1) is 30.5. The Morgan fingerprint density at radius 3 is 2.07 bits per heavy atom. The Hall–Kier alpha value is -3.41. The van der Waals surface area contributed by atoms with Crippen LogP contribution in [0.15, 0.2) is 53.1 Å². The molecule has 0 N–H and O–H groups in total. The number of hydrogen-bond acceptors (Lipinski definition) is 9. The molecule has 5 atom stereocenters. The summed E-state index contributed by atoms with van der Waals surface area (Å²) in [5, 5.41) is 1.25. The summed E-state index contributed by atoms with van der Waals surface area (Å²) in [6.45, 7) is 4.47. The molecule has 3 aromatic rings. The number of aromatic nitrogens is 1. The van der Waals surface area contributed by atoms with Gasteiger partial charge in [-0.3, -0.25) is 19.2 Å². The van der Waals surface area contributed by atoms with Crippen LogP contribution in [0.2, 0.25) is 5.02 Å². The number of hydrogen-bond donors (Lipinski definition) is 0. The fraction of sp³-hybridized carbons (Fsp3) is 0.379. The van der Waals surface area contributed by atoms with Crippen LogP contribution < -0.4 is 0 Å². The third kappa shape index (κ3) is 7.27. The minimum Gasteiger partial charge on any atom is -0.463 e. The van der Waals surface area contributed by atoms with Crippen molar-refractivity contribution in [3.05, 3.63) is 69.3 Å². The van der Waals surface area contributed by atoms with Crippen molar-refractivity contribution in [2.45, 2.75) is 64.8 Å². The highest BCUT2D eigenvalue weighted by Gasteiger charge is 2.53. The highest BCUT2D eigenvalue weighted by molar-refractivity contribution is 9.10. The molecule has 1 aliphatic rings. The van der Waals surface area contributed by atoms with Crippen molar-refractivity contribution >= 4 is 62.3 Å². The smallest absolute Gasteiger partial charge is 0.303 e. The summed E-state index contributed by atoms with van der Waals surface area (Å²) in [6.07, 6.45) is -3.59. The topological polar surface area (TPSA) is 119 Å². The van der Waals surface area contributed by atoms with E-state index in [1.807, 2.05) is 36.5 Å². The number of halogens is 2. The molecule has 0 saturated carbocycles. The molecule has 41 heavy (non-hydrogen) atoms. The van der Waals surface area contributed by atoms with E-state index in [-0.39, 0.29) is 6.61 Å². The highest BCUT2D eigenvalue weighted by atomic mass is 79.9. The van der Waals surface area contributed by atoms with Crippen LogP contribution in [0.1, 0.15) is 45.0 Å². The van der Waals surface area contributed by atoms with Crippen LogP contribution in [0.4, 0.5) is 0 Å². The van der Waals surface area contributed by atoms with E-state index in [0.29, 0.717) is 17.0 Å². The van der Waals surface area contributed by atoms with Gasteiger partial charge in [-0.15, -0.1) is 0 Å². The first-order valence-corrected chi connectivity index (χ1v) is 13.9. The lowest BCUT2D eigenvalue weighted by molar-refractivity contribution is -0.267. The van der Waals surface area contributed by atoms with E-state index in [4.69, 9.17) is 35.3 Å². The number of esters is 4. The van der Waals surface area contributed by atoms with Crippen LogP contribution >= 0.6 is 27.5 Å². The standard InChI is InChI=1S/C29H29BrClNO9/c1-15(33)37-14-24-26(38-16(2)34)27(39-17(3)35)28(40-18(4)36)29(41-24)32-13-20(12-19-8-10-21(30)11-9-19)25-22(31)6-5-7-23(25)32/h5-11,13,24,26-29H,12,14H2,1-4H3/t24-,26-,27+,28-,29-/m1/s1. The molecule has 1 fully saturated rings. The Morgan fingerprint density at radius 1 is 0.854 bits per heavy atom. The Morgan fingerprint density at radius 2 is 1.46 bits per heavy atom. The summed E-state index contributed by atoms with van der Waals surface area (Å²) >= 11 is 10.1. The average Bonchev–Trinajstić information content (AvgIpc) is 3.25. The summed E-state index contributed by atoms with van der Waals surface area (Å²) in [7, 11) is 0. The second-order valence-electron chi connectivity index (χ2n) is 9.59. The van der Waals surface area contributed by atoms with Gasteiger partial charge in [0, 0.05) is 43.8 Å². The lowest BCUT2D eigenvalue weighted by Crippen LogP contribution is -2.60. The Balaban J connectivity index is 1.87. The normalized spacial score (nSPS) is 22.1. The van der Waals surface area contributed by atoms with Gasteiger partial charge in [0.25, 0.3) is 0 Å². The second-order valence-corrected chi connectivity index (χ2v) is 10.9. The molecular weight excluding hydrogens is 622 g/mol. The van der Waals surface area contributed by atoms with Gasteiger partial charge < -0.3 is 28.3 Å². The SMILES string of the molecule is CC(=O)OC[C@H]1O[C@@H](n2cc(Cc3ccc(Br)cc3)c3c(Cl)cccc32)[C@H](OC(C)=O)[C@@H](OC(C)=O)[C@@H]1OC(C)=O. The fourth-order valence-corrected chi connectivity index (χ4v) is 5.50. The second kappa shape index (κ2) is 13.1. The van der Waals surface area contributed by atoms with E-state index in [0.717, 1.165) is 21.0 Å². The monoisotopic (exact) mass is 649 g/mol. The minimum atomic E-state index is -1.29. The van der Waals surface area contributed by atoms with Gasteiger partial charge in [0.15, 0.2) is 24.5 Å². The quantitative estimate of drug-likeness (QED) is 0.248. The lowest BCUT2D eigenvalue weighted by Gasteiger charge is -2.44. The maximum Gasteiger partial charge on any atom is 0.303 e. The largest absolute Gasteiger partial charge is 0.463 e. The predicted molar refractivity (Wildman–Crippen MR) is 151 cm³/mol. The van der Waals surface area contributed by atoms with Crippen LogP contribution in [0.3, 0.4) is 0 Å². The molecule has 0 aliphatic carbocycles. The molecule has 0 bridgehead atoms. The molecule has 10 nitrogen and oxygen atoms in total. The average molecular weight is 651 g/mol. The van der Waals surface area contributed by atoms with Crippen LogP contribution in [-0.2, 0) is 49.3 Å². The Labute approximate surface area is 249 Å². The molecule has 0 spiro atoms. The highest BCUT2D eigenvalue weighted by Crippen LogP contribution is 2.39. The van der Waals surface area contributed by atoms with Gasteiger partial charge in [0.2, 0.25) is 0 Å². The number of fused-ring (bicyclic) bond motifs is 1. The third-order valence-corrected chi connectivity index (χ3v) is 7.28. The summed E-state index contributed by atoms with van der Waals surface area (Å²) < 4.78 is 31.0. The third-order valence-electron chi connectivity index (χ3n) is 6.43. The van der Waals surface area contributed by atoms with Gasteiger partial charge >= 0.3 is 23.9 Å². The maximum absolute atomic E-state index is 12.3. The summed E-state index contributed by atoms with van der Waals surface area (Å²) in [4.78, 5) is 48.3. The van der Waals surface area contributed by atoms with Crippen LogP contribution in [-0.4, -0.2) is 59.5 Å². The zero-order valence-corrected chi connectivity index (χ0v) is 25.1. The van der Waals surface area contributed by atoms with Gasteiger partial charge in [-0.05, 0) is 41.8 Å². The van der Waals surface area contributed by atoms with Crippen molar-refractivity contribution < 1.29 is 42.9 Å². The summed E-state index contributed by atoms with van der Waals surface area (Å²) in [6, 6.07) is 13.2. The number of carbonyl (C=O) groups excluding carboxylic acids is 4. The van der Waals surface area contributed by atoms with E-state index >= 15 is 0 Å². The van der Waals surface area contributed by atoms with Crippen LogP contribution in [0, 0.1) is 0 Å². The molecule has 2 aromatic carbocycles. The molecule has 1 aromatic heterocycles. The van der Waals surface area contributed by atoms with Crippen molar-refractivity contribution in [3.8, 4) is 0 Å². The van der Waals surface area contributed by atoms with Crippen molar-refractivity contribution in [1.29, 1.82) is 0 Å². The van der Waals surface area contributed by atoms with Crippen molar-refractivity contribution in [2.24, 2.45) is 0 Å². The minimum absolute atomic E-state index is 0.319. The molecule has 4 rings (SSSR count). The van der Waals surface area contributed by atoms with E-state index in [9.17, 15) is 19.2 Å². The van der Waals surface area contributed by atoms with Crippen LogP contribution in [0.25, 0.3) is 10.9 Å². The summed E-state index contributed by atoms with van der Waals surface area (Å²) in [5.41, 5.74) is 2.54. The molecule has 0 amide bonds. The van der Waals surface area contributed by atoms with E-state index in [2.05, 4.69) is 15.9 Å². The van der Waals surface area contributed by atoms with Gasteiger partial charge in [-0.25, -0.2) is 0 Å². The Kier molecular flexibility index (Phi) is 9.72. The number of benzene rings is 2. The molecule has 0 unspecified atom stereocenters. The molecule has 2 heterocycles. The van der Waals surface area contributed by atoms with Gasteiger partial charge in [-0.2, -0.15) is 0 Å². The first-order valence-electron chi connectivity index (χ1n) is 12.8. The van der Waals surface area contributed by atoms with Crippen molar-refractivity contribution in [1.82, 2.24) is 4.57 Å². The number of ether oxygens (including phenoxy) is 5. The van der Waals surface area contributed by atoms with Crippen LogP contribution in [0.5, 0.6) is 0 Å². The molecule has 1 saturated heterocycles. The maximum atomic E-state index is 12.3. The molecule has 218 valence electrons. The van der Waals surface area contributed by atoms with E-state index < -0.39 is 54.5 Å². The fourth-order valence-electron chi connectivity index (χ4n) is 4.94. The van der Waals surface area contributed by atoms with E-state index in [1.165, 1.54) is 27.7 Å². The predicted octanol–water partition coefficient (Wildman–Crippen LogP) is 4.90. The number of carbonyl (C=O) groups is 4. The first-order chi connectivity index (χ1) is 19.4. The van der Waals surface area contributed by atoms with Gasteiger partial charge in [0.05, 0.1) is 10.5 Å². The zero-order chi connectivity index (χ0) is 29.8. The molecule has 1 aliphatic heterocycles. The van der Waals surface area contributed by atoms with Crippen molar-refractivity contribution in [2.75, 3.05) is 6.61 Å². The van der Waals surface area contributed by atoms with Gasteiger partial charge in [-0.1, -0.05) is 45.7 Å². The zero-order valence-electron chi connectivity index (χ0n) is 22.8. The molecule has 0 radical (unpaired) electrons. The summed E-state index contributed by atoms with van der Waals surface area (Å²) in [5.74, 6) is -2.66. The molecule has 12 heteroatoms. The number of rotatable bonds is 8. The molecular formula is C29H29BrClNO9. The lowest BCUT2D eigenvalue weighted by atomic mass is 9.97. The number of nitrogens with zero attached hydrogens (tertiary/aromatic N) is 1. The van der Waals surface area contributed by atoms with E-state index in [1.54, 1.807) is 16.7 Å². The van der Waals surface area contributed by atoms with Crippen molar-refractivity contribution in [3.63, 3.8) is 0 Å².